The maximum atomic E-state index is 9.65. The van der Waals surface area contributed by atoms with Crippen molar-refractivity contribution in [3.63, 3.8) is 0 Å². The first-order chi connectivity index (χ1) is 11.2. The van der Waals surface area contributed by atoms with Gasteiger partial charge < -0.3 is 15.2 Å². The van der Waals surface area contributed by atoms with Crippen LogP contribution in [0.15, 0.2) is 36.4 Å². The van der Waals surface area contributed by atoms with Gasteiger partial charge in [0.05, 0.1) is 7.11 Å². The molecule has 1 aliphatic carbocycles. The van der Waals surface area contributed by atoms with E-state index in [-0.39, 0.29) is 0 Å². The topological polar surface area (TPSA) is 41.5 Å². The average Bonchev–Trinajstić information content (AvgIpc) is 2.59. The number of hydrogen-bond acceptors (Lipinski definition) is 3. The SMILES string of the molecule is CCCNc1cc(OC)ccc1C1CCc2cc(O)ccc2C1. The normalized spacial score (nSPS) is 16.7. The molecule has 0 spiro atoms. The second-order valence-corrected chi connectivity index (χ2v) is 6.27. The molecule has 3 rings (SSSR count). The minimum absolute atomic E-state index is 0.372. The Morgan fingerprint density at radius 2 is 2.04 bits per heavy atom. The summed E-state index contributed by atoms with van der Waals surface area (Å²) < 4.78 is 5.38. The van der Waals surface area contributed by atoms with Gasteiger partial charge in [-0.05, 0) is 66.5 Å². The predicted octanol–water partition coefficient (Wildman–Crippen LogP) is 4.50. The molecule has 0 amide bonds. The number of benzene rings is 2. The molecule has 1 atom stereocenters. The number of methoxy groups -OCH3 is 1. The van der Waals surface area contributed by atoms with Gasteiger partial charge in [0.25, 0.3) is 0 Å². The van der Waals surface area contributed by atoms with Crippen LogP contribution < -0.4 is 10.1 Å². The smallest absolute Gasteiger partial charge is 0.120 e. The van der Waals surface area contributed by atoms with Crippen molar-refractivity contribution >= 4 is 5.69 Å². The number of fused-ring (bicyclic) bond motifs is 1. The Hall–Kier alpha value is -2.16. The largest absolute Gasteiger partial charge is 0.508 e. The van der Waals surface area contributed by atoms with Crippen LogP contribution in [0, 0.1) is 0 Å². The monoisotopic (exact) mass is 311 g/mol. The van der Waals surface area contributed by atoms with E-state index in [1.807, 2.05) is 6.07 Å². The number of aromatic hydroxyl groups is 1. The van der Waals surface area contributed by atoms with E-state index in [0.29, 0.717) is 11.7 Å². The van der Waals surface area contributed by atoms with Crippen molar-refractivity contribution in [3.05, 3.63) is 53.1 Å². The van der Waals surface area contributed by atoms with E-state index < -0.39 is 0 Å². The molecule has 0 radical (unpaired) electrons. The predicted molar refractivity (Wildman–Crippen MR) is 94.6 cm³/mol. The lowest BCUT2D eigenvalue weighted by atomic mass is 9.79. The minimum Gasteiger partial charge on any atom is -0.508 e. The van der Waals surface area contributed by atoms with Gasteiger partial charge in [0.15, 0.2) is 0 Å². The van der Waals surface area contributed by atoms with Gasteiger partial charge in [-0.2, -0.15) is 0 Å². The molecule has 23 heavy (non-hydrogen) atoms. The number of aryl methyl sites for hydroxylation is 1. The van der Waals surface area contributed by atoms with Crippen LogP contribution in [0.2, 0.25) is 0 Å². The van der Waals surface area contributed by atoms with Gasteiger partial charge in [0.1, 0.15) is 11.5 Å². The number of rotatable bonds is 5. The van der Waals surface area contributed by atoms with E-state index in [9.17, 15) is 5.11 Å². The van der Waals surface area contributed by atoms with Gasteiger partial charge in [-0.15, -0.1) is 0 Å². The molecule has 2 aromatic rings. The molecule has 1 aliphatic rings. The summed E-state index contributed by atoms with van der Waals surface area (Å²) in [5.41, 5.74) is 5.21. The van der Waals surface area contributed by atoms with Crippen molar-refractivity contribution in [2.45, 2.75) is 38.5 Å². The van der Waals surface area contributed by atoms with Crippen LogP contribution in [0.25, 0.3) is 0 Å². The number of anilines is 1. The fraction of sp³-hybridized carbons (Fsp3) is 0.400. The van der Waals surface area contributed by atoms with Gasteiger partial charge in [-0.25, -0.2) is 0 Å². The van der Waals surface area contributed by atoms with Gasteiger partial charge >= 0.3 is 0 Å². The summed E-state index contributed by atoms with van der Waals surface area (Å²) in [7, 11) is 1.71. The third-order valence-corrected chi connectivity index (χ3v) is 4.68. The number of phenols is 1. The van der Waals surface area contributed by atoms with Crippen LogP contribution in [0.5, 0.6) is 11.5 Å². The van der Waals surface area contributed by atoms with E-state index in [4.69, 9.17) is 4.74 Å². The zero-order chi connectivity index (χ0) is 16.2. The van der Waals surface area contributed by atoms with Crippen LogP contribution in [0.3, 0.4) is 0 Å². The molecule has 1 unspecified atom stereocenters. The van der Waals surface area contributed by atoms with E-state index in [2.05, 4.69) is 36.5 Å². The molecule has 0 aliphatic heterocycles. The molecule has 0 bridgehead atoms. The zero-order valence-electron chi connectivity index (χ0n) is 13.9. The van der Waals surface area contributed by atoms with Crippen molar-refractivity contribution < 1.29 is 9.84 Å². The summed E-state index contributed by atoms with van der Waals surface area (Å²) in [6.07, 6.45) is 4.27. The summed E-state index contributed by atoms with van der Waals surface area (Å²) in [4.78, 5) is 0. The van der Waals surface area contributed by atoms with Crippen LogP contribution in [0.1, 0.15) is 42.4 Å². The molecule has 0 fully saturated rings. The van der Waals surface area contributed by atoms with Crippen LogP contribution >= 0.6 is 0 Å². The van der Waals surface area contributed by atoms with Gasteiger partial charge in [0, 0.05) is 18.3 Å². The summed E-state index contributed by atoms with van der Waals surface area (Å²) >= 11 is 0. The highest BCUT2D eigenvalue weighted by atomic mass is 16.5. The third-order valence-electron chi connectivity index (χ3n) is 4.68. The van der Waals surface area contributed by atoms with Gasteiger partial charge in [0.2, 0.25) is 0 Å². The van der Waals surface area contributed by atoms with Crippen molar-refractivity contribution in [2.24, 2.45) is 0 Å². The lowest BCUT2D eigenvalue weighted by Gasteiger charge is -2.27. The summed E-state index contributed by atoms with van der Waals surface area (Å²) in [6, 6.07) is 12.1. The Morgan fingerprint density at radius 3 is 2.83 bits per heavy atom. The maximum Gasteiger partial charge on any atom is 0.120 e. The number of nitrogens with one attached hydrogen (secondary N) is 1. The first-order valence-corrected chi connectivity index (χ1v) is 8.43. The molecular formula is C20H25NO2. The quantitative estimate of drug-likeness (QED) is 0.854. The van der Waals surface area contributed by atoms with Crippen LogP contribution in [0.4, 0.5) is 5.69 Å². The molecule has 0 heterocycles. The molecule has 122 valence electrons. The zero-order valence-corrected chi connectivity index (χ0v) is 13.9. The summed E-state index contributed by atoms with van der Waals surface area (Å²) in [5, 5.41) is 13.2. The molecule has 0 saturated carbocycles. The first-order valence-electron chi connectivity index (χ1n) is 8.43. The molecule has 2 aromatic carbocycles. The molecule has 2 N–H and O–H groups in total. The number of ether oxygens (including phenoxy) is 1. The lowest BCUT2D eigenvalue weighted by Crippen LogP contribution is -2.15. The molecule has 3 nitrogen and oxygen atoms in total. The third kappa shape index (κ3) is 3.44. The van der Waals surface area contributed by atoms with Crippen molar-refractivity contribution in [1.29, 1.82) is 0 Å². The standard InChI is InChI=1S/C20H25NO2/c1-3-10-21-20-13-18(23-2)8-9-19(20)16-5-4-15-12-17(22)7-6-14(15)11-16/h6-9,12-13,16,21-22H,3-5,10-11H2,1-2H3. The number of hydrogen-bond donors (Lipinski definition) is 2. The van der Waals surface area contributed by atoms with Gasteiger partial charge in [-0.3, -0.25) is 0 Å². The van der Waals surface area contributed by atoms with E-state index in [1.54, 1.807) is 13.2 Å². The minimum atomic E-state index is 0.372. The molecule has 0 saturated heterocycles. The Balaban J connectivity index is 1.88. The maximum absolute atomic E-state index is 9.65. The Bertz CT molecular complexity index is 681. The van der Waals surface area contributed by atoms with Crippen molar-refractivity contribution in [1.82, 2.24) is 0 Å². The molecule has 0 aromatic heterocycles. The fourth-order valence-corrected chi connectivity index (χ4v) is 3.44. The Kier molecular flexibility index (Phi) is 4.75. The van der Waals surface area contributed by atoms with Crippen LogP contribution in [-0.4, -0.2) is 18.8 Å². The lowest BCUT2D eigenvalue weighted by molar-refractivity contribution is 0.414. The highest BCUT2D eigenvalue weighted by Gasteiger charge is 2.22. The summed E-state index contributed by atoms with van der Waals surface area (Å²) in [5.74, 6) is 1.78. The Morgan fingerprint density at radius 1 is 1.17 bits per heavy atom. The fourth-order valence-electron chi connectivity index (χ4n) is 3.44. The van der Waals surface area contributed by atoms with E-state index in [1.165, 1.54) is 22.4 Å². The first kappa shape index (κ1) is 15.7. The van der Waals surface area contributed by atoms with Crippen molar-refractivity contribution in [3.8, 4) is 11.5 Å². The summed E-state index contributed by atoms with van der Waals surface area (Å²) in [6.45, 7) is 3.15. The molecule has 3 heteroatoms. The second-order valence-electron chi connectivity index (χ2n) is 6.27. The Labute approximate surface area is 138 Å². The van der Waals surface area contributed by atoms with Crippen LogP contribution in [-0.2, 0) is 12.8 Å². The van der Waals surface area contributed by atoms with Gasteiger partial charge in [-0.1, -0.05) is 19.1 Å². The second kappa shape index (κ2) is 6.95. The molecular weight excluding hydrogens is 286 g/mol. The average molecular weight is 311 g/mol. The van der Waals surface area contributed by atoms with Crippen molar-refractivity contribution in [2.75, 3.05) is 19.0 Å². The highest BCUT2D eigenvalue weighted by Crippen LogP contribution is 2.38. The number of phenolic OH excluding ortho intramolecular Hbond substituents is 1. The highest BCUT2D eigenvalue weighted by molar-refractivity contribution is 5.57. The van der Waals surface area contributed by atoms with E-state index >= 15 is 0 Å². The van der Waals surface area contributed by atoms with E-state index in [0.717, 1.165) is 38.0 Å².